The molecule has 0 fully saturated rings. The Labute approximate surface area is 120 Å². The Bertz CT molecular complexity index is 393. The van der Waals surface area contributed by atoms with E-state index < -0.39 is 19.7 Å². The summed E-state index contributed by atoms with van der Waals surface area (Å²) in [5.41, 5.74) is 1.46. The molecule has 1 heterocycles. The summed E-state index contributed by atoms with van der Waals surface area (Å²) >= 11 is 0. The third-order valence-corrected chi connectivity index (χ3v) is 3.71. The van der Waals surface area contributed by atoms with Crippen molar-refractivity contribution in [1.82, 2.24) is 9.80 Å². The van der Waals surface area contributed by atoms with Gasteiger partial charge in [-0.25, -0.2) is 0 Å². The number of hydrogen-bond donors (Lipinski definition) is 3. The molecule has 1 atom stereocenters. The predicted molar refractivity (Wildman–Crippen MR) is 77.1 cm³/mol. The van der Waals surface area contributed by atoms with Crippen LogP contribution in [0.4, 0.5) is 0 Å². The van der Waals surface area contributed by atoms with Gasteiger partial charge in [0, 0.05) is 25.5 Å². The minimum absolute atomic E-state index is 0.602. The summed E-state index contributed by atoms with van der Waals surface area (Å²) in [6.07, 6.45) is 4.15. The highest BCUT2D eigenvalue weighted by atomic mass is 31.2. The van der Waals surface area contributed by atoms with Crippen molar-refractivity contribution in [3.8, 4) is 0 Å². The number of rotatable bonds is 5. The maximum absolute atomic E-state index is 9.76. The molecule has 3 N–H and O–H groups in total. The average Bonchev–Trinajstić information content (AvgIpc) is 2.62. The van der Waals surface area contributed by atoms with Crippen LogP contribution < -0.4 is 0 Å². The van der Waals surface area contributed by atoms with Crippen LogP contribution in [0.2, 0.25) is 0 Å². The van der Waals surface area contributed by atoms with Gasteiger partial charge in [-0.2, -0.15) is 0 Å². The van der Waals surface area contributed by atoms with E-state index in [4.69, 9.17) is 14.9 Å². The highest BCUT2D eigenvalue weighted by Gasteiger charge is 2.25. The summed E-state index contributed by atoms with van der Waals surface area (Å²) in [5.74, 6) is -1.49. The summed E-state index contributed by atoms with van der Waals surface area (Å²) in [6.45, 7) is 7.79. The highest BCUT2D eigenvalue weighted by Crippen LogP contribution is 2.33. The van der Waals surface area contributed by atoms with E-state index in [-0.39, 0.29) is 0 Å². The van der Waals surface area contributed by atoms with Crippen LogP contribution >= 0.6 is 7.60 Å². The summed E-state index contributed by atoms with van der Waals surface area (Å²) in [4.78, 5) is 30.2. The van der Waals surface area contributed by atoms with Crippen molar-refractivity contribution in [3.05, 3.63) is 11.9 Å². The molecule has 1 unspecified atom stereocenters. The standard InChI is InChI=1S/C10H20N2.C2H5O5P/c1-5-9-8-12(7-3)10(6-2)11(9)4;3-2(4)1-8(5,6)7/h8,10H,5-7H2,1-4H3;1H2,(H,3,4)(H2,5,6,7). The number of carboxylic acids is 1. The summed E-state index contributed by atoms with van der Waals surface area (Å²) < 4.78 is 9.76. The first-order valence-electron chi connectivity index (χ1n) is 6.61. The molecule has 1 aliphatic rings. The van der Waals surface area contributed by atoms with Crippen LogP contribution in [0.15, 0.2) is 11.9 Å². The maximum Gasteiger partial charge on any atom is 0.336 e. The molecule has 1 aliphatic heterocycles. The van der Waals surface area contributed by atoms with Crippen LogP contribution in [-0.2, 0) is 9.36 Å². The van der Waals surface area contributed by atoms with Gasteiger partial charge in [-0.05, 0) is 19.8 Å². The largest absolute Gasteiger partial charge is 0.481 e. The third-order valence-electron chi connectivity index (χ3n) is 3.03. The molecule has 8 heteroatoms. The molecule has 0 aromatic carbocycles. The second-order valence-corrected chi connectivity index (χ2v) is 6.17. The Morgan fingerprint density at radius 2 is 1.90 bits per heavy atom. The average molecular weight is 308 g/mol. The van der Waals surface area contributed by atoms with Crippen molar-refractivity contribution in [3.63, 3.8) is 0 Å². The van der Waals surface area contributed by atoms with Gasteiger partial charge < -0.3 is 24.7 Å². The molecule has 0 aromatic heterocycles. The number of allylic oxidation sites excluding steroid dienone is 1. The van der Waals surface area contributed by atoms with Crippen LogP contribution in [0.1, 0.15) is 33.6 Å². The molecule has 20 heavy (non-hydrogen) atoms. The molecule has 0 spiro atoms. The lowest BCUT2D eigenvalue weighted by molar-refractivity contribution is -0.134. The highest BCUT2D eigenvalue weighted by molar-refractivity contribution is 7.52. The van der Waals surface area contributed by atoms with Crippen molar-refractivity contribution in [2.24, 2.45) is 0 Å². The van der Waals surface area contributed by atoms with E-state index in [0.717, 1.165) is 13.0 Å². The molecule has 1 rings (SSSR count). The zero-order chi connectivity index (χ0) is 15.9. The molecule has 0 saturated carbocycles. The molecular weight excluding hydrogens is 283 g/mol. The molecule has 0 bridgehead atoms. The molecule has 0 saturated heterocycles. The minimum atomic E-state index is -4.32. The van der Waals surface area contributed by atoms with E-state index in [2.05, 4.69) is 43.8 Å². The van der Waals surface area contributed by atoms with E-state index in [0.29, 0.717) is 6.17 Å². The monoisotopic (exact) mass is 308 g/mol. The summed E-state index contributed by atoms with van der Waals surface area (Å²) in [6, 6.07) is 0. The zero-order valence-corrected chi connectivity index (χ0v) is 13.4. The summed E-state index contributed by atoms with van der Waals surface area (Å²) in [5, 5.41) is 7.76. The molecular formula is C12H25N2O5P. The topological polar surface area (TPSA) is 101 Å². The van der Waals surface area contributed by atoms with Crippen molar-refractivity contribution in [2.75, 3.05) is 19.8 Å². The van der Waals surface area contributed by atoms with Crippen LogP contribution in [0.5, 0.6) is 0 Å². The lowest BCUT2D eigenvalue weighted by atomic mass is 10.3. The number of nitrogens with zero attached hydrogens (tertiary/aromatic N) is 2. The van der Waals surface area contributed by atoms with Gasteiger partial charge in [0.25, 0.3) is 0 Å². The fraction of sp³-hybridized carbons (Fsp3) is 0.750. The van der Waals surface area contributed by atoms with Crippen LogP contribution in [0, 0.1) is 0 Å². The fourth-order valence-corrected chi connectivity index (χ4v) is 2.46. The molecule has 0 aliphatic carbocycles. The second-order valence-electron chi connectivity index (χ2n) is 4.52. The summed E-state index contributed by atoms with van der Waals surface area (Å²) in [7, 11) is -2.13. The van der Waals surface area contributed by atoms with Gasteiger partial charge >= 0.3 is 13.6 Å². The number of hydrogen-bond acceptors (Lipinski definition) is 4. The SMILES string of the molecule is CCC1=CN(CC)C(CC)N1C.O=C(O)CP(=O)(O)O. The van der Waals surface area contributed by atoms with Gasteiger partial charge in [-0.1, -0.05) is 13.8 Å². The Balaban J connectivity index is 0.000000396. The van der Waals surface area contributed by atoms with Crippen molar-refractivity contribution in [2.45, 2.75) is 39.8 Å². The predicted octanol–water partition coefficient (Wildman–Crippen LogP) is 1.49. The first kappa shape index (κ1) is 19.0. The second kappa shape index (κ2) is 8.29. The van der Waals surface area contributed by atoms with Gasteiger partial charge in [0.05, 0.1) is 0 Å². The van der Waals surface area contributed by atoms with Crippen LogP contribution in [0.25, 0.3) is 0 Å². The van der Waals surface area contributed by atoms with Gasteiger partial charge in [0.1, 0.15) is 12.3 Å². The first-order chi connectivity index (χ1) is 9.16. The molecule has 0 aromatic rings. The van der Waals surface area contributed by atoms with Crippen molar-refractivity contribution in [1.29, 1.82) is 0 Å². The van der Waals surface area contributed by atoms with Crippen molar-refractivity contribution < 1.29 is 24.3 Å². The van der Waals surface area contributed by atoms with E-state index in [9.17, 15) is 9.36 Å². The molecule has 7 nitrogen and oxygen atoms in total. The quantitative estimate of drug-likeness (QED) is 0.661. The van der Waals surface area contributed by atoms with Gasteiger partial charge in [0.2, 0.25) is 0 Å². The van der Waals surface area contributed by atoms with Gasteiger partial charge in [-0.15, -0.1) is 0 Å². The lowest BCUT2D eigenvalue weighted by Crippen LogP contribution is -2.36. The number of aliphatic carboxylic acids is 1. The smallest absolute Gasteiger partial charge is 0.336 e. The Morgan fingerprint density at radius 1 is 1.35 bits per heavy atom. The normalized spacial score (nSPS) is 18.5. The Hall–Kier alpha value is -1.04. The fourth-order valence-electron chi connectivity index (χ4n) is 2.11. The maximum atomic E-state index is 9.76. The first-order valence-corrected chi connectivity index (χ1v) is 8.41. The molecule has 0 radical (unpaired) electrons. The van der Waals surface area contributed by atoms with E-state index in [1.165, 1.54) is 12.1 Å². The van der Waals surface area contributed by atoms with E-state index in [1.807, 2.05) is 0 Å². The van der Waals surface area contributed by atoms with Gasteiger partial charge in [0.15, 0.2) is 0 Å². The lowest BCUT2D eigenvalue weighted by Gasteiger charge is -2.29. The number of carbonyl (C=O) groups is 1. The van der Waals surface area contributed by atoms with E-state index in [1.54, 1.807) is 0 Å². The minimum Gasteiger partial charge on any atom is -0.481 e. The van der Waals surface area contributed by atoms with Crippen LogP contribution in [0.3, 0.4) is 0 Å². The van der Waals surface area contributed by atoms with Crippen molar-refractivity contribution >= 4 is 13.6 Å². The Kier molecular flexibility index (Phi) is 7.86. The van der Waals surface area contributed by atoms with E-state index >= 15 is 0 Å². The van der Waals surface area contributed by atoms with Crippen LogP contribution in [-0.4, -0.2) is 56.6 Å². The number of carboxylic acid groups (broad SMARTS) is 1. The third kappa shape index (κ3) is 6.41. The van der Waals surface area contributed by atoms with Gasteiger partial charge in [-0.3, -0.25) is 9.36 Å². The molecule has 118 valence electrons. The molecule has 0 amide bonds. The zero-order valence-electron chi connectivity index (χ0n) is 12.5. The Morgan fingerprint density at radius 3 is 2.10 bits per heavy atom.